The molecule has 1 atom stereocenters. The number of likely N-dealkylation sites (tertiary alicyclic amines) is 1. The van der Waals surface area contributed by atoms with Gasteiger partial charge in [-0.1, -0.05) is 0 Å². The van der Waals surface area contributed by atoms with E-state index in [0.717, 1.165) is 25.9 Å². The number of hydrogen-bond acceptors (Lipinski definition) is 2. The number of hydrogen-bond donors (Lipinski definition) is 2. The van der Waals surface area contributed by atoms with Crippen molar-refractivity contribution < 1.29 is 14.7 Å². The first kappa shape index (κ1) is 12.2. The molecule has 2 N–H and O–H groups in total. The third kappa shape index (κ3) is 3.91. The molecule has 5 nitrogen and oxygen atoms in total. The zero-order chi connectivity index (χ0) is 12.3. The monoisotopic (exact) mass is 240 g/mol. The lowest BCUT2D eigenvalue weighted by atomic mass is 9.95. The molecule has 1 unspecified atom stereocenters. The van der Waals surface area contributed by atoms with E-state index in [1.165, 1.54) is 12.8 Å². The lowest BCUT2D eigenvalue weighted by molar-refractivity contribution is -0.138. The highest BCUT2D eigenvalue weighted by Gasteiger charge is 2.27. The van der Waals surface area contributed by atoms with Crippen molar-refractivity contribution in [2.24, 2.45) is 11.8 Å². The molecule has 0 aromatic carbocycles. The summed E-state index contributed by atoms with van der Waals surface area (Å²) in [6.45, 7) is 2.12. The van der Waals surface area contributed by atoms with Gasteiger partial charge >= 0.3 is 12.0 Å². The number of carbonyl (C=O) groups is 2. The minimum atomic E-state index is -0.768. The number of nitrogens with zero attached hydrogens (tertiary/aromatic N) is 1. The van der Waals surface area contributed by atoms with E-state index in [1.54, 1.807) is 4.90 Å². The van der Waals surface area contributed by atoms with E-state index in [1.807, 2.05) is 0 Å². The van der Waals surface area contributed by atoms with Crippen molar-refractivity contribution in [3.63, 3.8) is 0 Å². The molecule has 0 aromatic heterocycles. The predicted octanol–water partition coefficient (Wildman–Crippen LogP) is 1.29. The zero-order valence-electron chi connectivity index (χ0n) is 10.0. The maximum Gasteiger partial charge on any atom is 0.317 e. The van der Waals surface area contributed by atoms with Crippen LogP contribution in [0, 0.1) is 11.8 Å². The molecule has 17 heavy (non-hydrogen) atoms. The SMILES string of the molecule is O=C(O)CC1CCCN(C(=O)NCC2CC2)C1. The van der Waals surface area contributed by atoms with Crippen molar-refractivity contribution in [1.82, 2.24) is 10.2 Å². The standard InChI is InChI=1S/C12H20N2O3/c15-11(16)6-10-2-1-5-14(8-10)12(17)13-7-9-3-4-9/h9-10H,1-8H2,(H,13,17)(H,15,16). The quantitative estimate of drug-likeness (QED) is 0.778. The van der Waals surface area contributed by atoms with Crippen molar-refractivity contribution in [2.75, 3.05) is 19.6 Å². The first-order chi connectivity index (χ1) is 8.15. The molecule has 2 fully saturated rings. The average Bonchev–Trinajstić information content (AvgIpc) is 3.09. The largest absolute Gasteiger partial charge is 0.481 e. The lowest BCUT2D eigenvalue weighted by Crippen LogP contribution is -2.46. The molecule has 0 aromatic rings. The molecule has 0 radical (unpaired) electrons. The van der Waals surface area contributed by atoms with Crippen LogP contribution in [0.1, 0.15) is 32.1 Å². The smallest absolute Gasteiger partial charge is 0.317 e. The van der Waals surface area contributed by atoms with Crippen molar-refractivity contribution in [2.45, 2.75) is 32.1 Å². The molecule has 2 amide bonds. The van der Waals surface area contributed by atoms with E-state index in [-0.39, 0.29) is 18.4 Å². The Morgan fingerprint density at radius 1 is 1.24 bits per heavy atom. The van der Waals surface area contributed by atoms with Crippen LogP contribution in [-0.2, 0) is 4.79 Å². The first-order valence-electron chi connectivity index (χ1n) is 6.39. The van der Waals surface area contributed by atoms with Gasteiger partial charge in [0.1, 0.15) is 0 Å². The van der Waals surface area contributed by atoms with E-state index >= 15 is 0 Å². The van der Waals surface area contributed by atoms with E-state index in [9.17, 15) is 9.59 Å². The van der Waals surface area contributed by atoms with E-state index < -0.39 is 5.97 Å². The third-order valence-electron chi connectivity index (χ3n) is 3.51. The number of piperidine rings is 1. The summed E-state index contributed by atoms with van der Waals surface area (Å²) >= 11 is 0. The molecule has 1 aliphatic heterocycles. The van der Waals surface area contributed by atoms with Gasteiger partial charge in [-0.15, -0.1) is 0 Å². The molecule has 1 saturated heterocycles. The van der Waals surface area contributed by atoms with Gasteiger partial charge in [0.2, 0.25) is 0 Å². The lowest BCUT2D eigenvalue weighted by Gasteiger charge is -2.32. The Morgan fingerprint density at radius 2 is 2.00 bits per heavy atom. The van der Waals surface area contributed by atoms with Gasteiger partial charge < -0.3 is 15.3 Å². The Morgan fingerprint density at radius 3 is 2.65 bits per heavy atom. The number of aliphatic carboxylic acids is 1. The van der Waals surface area contributed by atoms with Gasteiger partial charge in [-0.25, -0.2) is 4.79 Å². The number of amides is 2. The van der Waals surface area contributed by atoms with Crippen molar-refractivity contribution in [3.05, 3.63) is 0 Å². The summed E-state index contributed by atoms with van der Waals surface area (Å²) in [6.07, 6.45) is 4.45. The minimum Gasteiger partial charge on any atom is -0.481 e. The molecule has 5 heteroatoms. The maximum absolute atomic E-state index is 11.8. The van der Waals surface area contributed by atoms with Gasteiger partial charge in [-0.2, -0.15) is 0 Å². The van der Waals surface area contributed by atoms with Crippen molar-refractivity contribution in [1.29, 1.82) is 0 Å². The normalized spacial score (nSPS) is 24.5. The molecule has 0 bridgehead atoms. The van der Waals surface area contributed by atoms with Crippen molar-refractivity contribution in [3.8, 4) is 0 Å². The third-order valence-corrected chi connectivity index (χ3v) is 3.51. The molecule has 0 spiro atoms. The summed E-state index contributed by atoms with van der Waals surface area (Å²) in [5, 5.41) is 11.7. The Bertz CT molecular complexity index is 302. The highest BCUT2D eigenvalue weighted by Crippen LogP contribution is 2.27. The van der Waals surface area contributed by atoms with Crippen LogP contribution in [0.25, 0.3) is 0 Å². The summed E-state index contributed by atoms with van der Waals surface area (Å²) in [4.78, 5) is 24.2. The van der Waals surface area contributed by atoms with Crippen LogP contribution in [0.3, 0.4) is 0 Å². The minimum absolute atomic E-state index is 0.0213. The van der Waals surface area contributed by atoms with E-state index in [2.05, 4.69) is 5.32 Å². The van der Waals surface area contributed by atoms with Gasteiger partial charge in [0.05, 0.1) is 0 Å². The fourth-order valence-electron chi connectivity index (χ4n) is 2.33. The fourth-order valence-corrected chi connectivity index (χ4v) is 2.33. The summed E-state index contributed by atoms with van der Waals surface area (Å²) < 4.78 is 0. The molecular formula is C12H20N2O3. The Hall–Kier alpha value is -1.26. The topological polar surface area (TPSA) is 69.6 Å². The van der Waals surface area contributed by atoms with Crippen LogP contribution >= 0.6 is 0 Å². The molecular weight excluding hydrogens is 220 g/mol. The number of rotatable bonds is 4. The highest BCUT2D eigenvalue weighted by atomic mass is 16.4. The van der Waals surface area contributed by atoms with Crippen LogP contribution in [0.4, 0.5) is 4.79 Å². The molecule has 1 aliphatic carbocycles. The second kappa shape index (κ2) is 5.38. The van der Waals surface area contributed by atoms with E-state index in [0.29, 0.717) is 12.5 Å². The molecule has 2 rings (SSSR count). The van der Waals surface area contributed by atoms with Gasteiger partial charge in [-0.05, 0) is 37.5 Å². The summed E-state index contributed by atoms with van der Waals surface area (Å²) in [7, 11) is 0. The number of carbonyl (C=O) groups excluding carboxylic acids is 1. The maximum atomic E-state index is 11.8. The number of urea groups is 1. The Labute approximate surface area is 101 Å². The van der Waals surface area contributed by atoms with Gasteiger partial charge in [0.25, 0.3) is 0 Å². The Kier molecular flexibility index (Phi) is 3.86. The first-order valence-corrected chi connectivity index (χ1v) is 6.39. The van der Waals surface area contributed by atoms with E-state index in [4.69, 9.17) is 5.11 Å². The predicted molar refractivity (Wildman–Crippen MR) is 62.7 cm³/mol. The second-order valence-corrected chi connectivity index (χ2v) is 5.18. The zero-order valence-corrected chi connectivity index (χ0v) is 10.0. The highest BCUT2D eigenvalue weighted by molar-refractivity contribution is 5.74. The van der Waals surface area contributed by atoms with Crippen LogP contribution in [0.2, 0.25) is 0 Å². The number of carboxylic acid groups (broad SMARTS) is 1. The van der Waals surface area contributed by atoms with Crippen LogP contribution in [-0.4, -0.2) is 41.6 Å². The van der Waals surface area contributed by atoms with Crippen LogP contribution in [0.5, 0.6) is 0 Å². The van der Waals surface area contributed by atoms with Crippen LogP contribution < -0.4 is 5.32 Å². The van der Waals surface area contributed by atoms with Gasteiger partial charge in [-0.3, -0.25) is 4.79 Å². The molecule has 2 aliphatic rings. The van der Waals surface area contributed by atoms with Gasteiger partial charge in [0.15, 0.2) is 0 Å². The summed E-state index contributed by atoms with van der Waals surface area (Å²) in [5.41, 5.74) is 0. The molecule has 1 saturated carbocycles. The molecule has 1 heterocycles. The average molecular weight is 240 g/mol. The Balaban J connectivity index is 1.74. The van der Waals surface area contributed by atoms with Gasteiger partial charge in [0, 0.05) is 26.1 Å². The van der Waals surface area contributed by atoms with Crippen molar-refractivity contribution >= 4 is 12.0 Å². The summed E-state index contributed by atoms with van der Waals surface area (Å²) in [6, 6.07) is -0.0213. The summed E-state index contributed by atoms with van der Waals surface area (Å²) in [5.74, 6) is 0.0294. The fraction of sp³-hybridized carbons (Fsp3) is 0.833. The number of carboxylic acids is 1. The molecule has 96 valence electrons. The number of nitrogens with one attached hydrogen (secondary N) is 1. The second-order valence-electron chi connectivity index (χ2n) is 5.18. The van der Waals surface area contributed by atoms with Crippen LogP contribution in [0.15, 0.2) is 0 Å².